The fourth-order valence-electron chi connectivity index (χ4n) is 9.44. The van der Waals surface area contributed by atoms with Gasteiger partial charge in [-0.1, -0.05) is 47.1 Å². The number of nitrogens with one attached hydrogen (secondary N) is 2. The molecule has 0 aromatic heterocycles. The van der Waals surface area contributed by atoms with Crippen LogP contribution in [0.4, 0.5) is 0 Å². The molecule has 12 nitrogen and oxygen atoms in total. The molecular formula is C36H54N2O10. The van der Waals surface area contributed by atoms with Crippen LogP contribution in [0.25, 0.3) is 0 Å². The lowest BCUT2D eigenvalue weighted by atomic mass is 9.45. The summed E-state index contributed by atoms with van der Waals surface area (Å²) in [5.41, 5.74) is -1.90. The first-order valence-corrected chi connectivity index (χ1v) is 17.5. The lowest BCUT2D eigenvalue weighted by Crippen LogP contribution is -2.62. The predicted octanol–water partition coefficient (Wildman–Crippen LogP) is 2.87. The van der Waals surface area contributed by atoms with Crippen molar-refractivity contribution in [3.8, 4) is 0 Å². The van der Waals surface area contributed by atoms with Crippen LogP contribution in [0.2, 0.25) is 0 Å². The number of Topliss-reactive ketones (excluding diaryl/α,β-unsaturated/α-hetero) is 1. The summed E-state index contributed by atoms with van der Waals surface area (Å²) >= 11 is 0. The van der Waals surface area contributed by atoms with Crippen LogP contribution < -0.4 is 10.6 Å². The molecule has 0 heterocycles. The first-order chi connectivity index (χ1) is 22.3. The van der Waals surface area contributed by atoms with E-state index in [0.717, 1.165) is 18.4 Å². The number of carbonyl (C=O) groups excluding carboxylic acids is 5. The number of allylic oxidation sites excluding steroid dienone is 1. The maximum atomic E-state index is 13.5. The molecule has 0 unspecified atom stereocenters. The van der Waals surface area contributed by atoms with Crippen LogP contribution in [-0.4, -0.2) is 81.0 Å². The van der Waals surface area contributed by atoms with Crippen LogP contribution in [0.15, 0.2) is 11.6 Å². The number of hydrogen-bond donors (Lipinski definition) is 5. The number of fused-ring (bicyclic) bond motifs is 5. The van der Waals surface area contributed by atoms with Crippen molar-refractivity contribution in [3.63, 3.8) is 0 Å². The number of ether oxygens (including phenoxy) is 1. The van der Waals surface area contributed by atoms with Crippen molar-refractivity contribution >= 4 is 35.3 Å². The van der Waals surface area contributed by atoms with Crippen molar-refractivity contribution in [3.05, 3.63) is 11.6 Å². The van der Waals surface area contributed by atoms with Crippen molar-refractivity contribution in [1.82, 2.24) is 10.6 Å². The molecule has 3 saturated carbocycles. The van der Waals surface area contributed by atoms with Crippen molar-refractivity contribution in [2.24, 2.45) is 40.4 Å². The molecule has 3 fully saturated rings. The van der Waals surface area contributed by atoms with Gasteiger partial charge in [0.05, 0.1) is 12.5 Å². The zero-order valence-corrected chi connectivity index (χ0v) is 29.2. The number of esters is 1. The van der Waals surface area contributed by atoms with Gasteiger partial charge in [0.25, 0.3) is 0 Å². The molecule has 4 aliphatic rings. The minimum absolute atomic E-state index is 0.0162. The van der Waals surface area contributed by atoms with Crippen LogP contribution in [0.3, 0.4) is 0 Å². The fourth-order valence-corrected chi connectivity index (χ4v) is 9.44. The topological polar surface area (TPSA) is 196 Å². The summed E-state index contributed by atoms with van der Waals surface area (Å²) in [5, 5.41) is 38.0. The van der Waals surface area contributed by atoms with Gasteiger partial charge in [-0.15, -0.1) is 0 Å². The number of aliphatic hydroxyl groups excluding tert-OH is 1. The molecule has 4 aliphatic carbocycles. The SMILES string of the molecule is CC(C)C[C@H](NC(=O)[C@H](NC(=O)CCC(=O)OCC(=O)[C@@]1(O)CC[C@@H]2[C@@H]3CCC4=CC(=O)CC[C@]4(C)[C@H]3[C@@H](O)C[C@@]21C)C(C)C)C(=O)O. The Bertz CT molecular complexity index is 1340. The Labute approximate surface area is 282 Å². The van der Waals surface area contributed by atoms with Gasteiger partial charge >= 0.3 is 11.9 Å². The number of aliphatic hydroxyl groups is 2. The summed E-state index contributed by atoms with van der Waals surface area (Å²) in [7, 11) is 0. The minimum Gasteiger partial charge on any atom is -0.480 e. The van der Waals surface area contributed by atoms with Gasteiger partial charge in [-0.05, 0) is 86.0 Å². The highest BCUT2D eigenvalue weighted by molar-refractivity contribution is 5.93. The highest BCUT2D eigenvalue weighted by Crippen LogP contribution is 2.67. The van der Waals surface area contributed by atoms with E-state index in [2.05, 4.69) is 17.6 Å². The van der Waals surface area contributed by atoms with Gasteiger partial charge in [-0.25, -0.2) is 4.79 Å². The maximum absolute atomic E-state index is 13.5. The maximum Gasteiger partial charge on any atom is 0.326 e. The molecule has 0 radical (unpaired) electrons. The molecule has 0 aromatic rings. The molecule has 0 bridgehead atoms. The van der Waals surface area contributed by atoms with Crippen LogP contribution in [0.1, 0.15) is 106 Å². The van der Waals surface area contributed by atoms with E-state index in [4.69, 9.17) is 4.74 Å². The third-order valence-corrected chi connectivity index (χ3v) is 12.0. The van der Waals surface area contributed by atoms with Gasteiger partial charge in [0, 0.05) is 18.3 Å². The Morgan fingerprint density at radius 2 is 1.69 bits per heavy atom. The van der Waals surface area contributed by atoms with E-state index < -0.39 is 65.3 Å². The van der Waals surface area contributed by atoms with Crippen LogP contribution in [0.5, 0.6) is 0 Å². The standard InChI is InChI=1S/C36H54N2O10/c1-19(2)15-25(33(45)46)37-32(44)31(20(3)4)38-28(42)9-10-29(43)48-18-27(41)36(47)14-12-24-23-8-7-21-16-22(39)11-13-34(21,5)30(23)26(40)17-35(24,36)6/h16,19-20,23-26,30-31,40,47H,7-15,17-18H2,1-6H3,(H,37,44)(H,38,42)(H,45,46)/t23-,24+,25-,26-,30+,31+,34-,35-,36-/m0/s1. The molecule has 0 aromatic carbocycles. The van der Waals surface area contributed by atoms with Gasteiger partial charge in [-0.2, -0.15) is 0 Å². The van der Waals surface area contributed by atoms with E-state index in [1.54, 1.807) is 19.9 Å². The molecule has 4 rings (SSSR count). The summed E-state index contributed by atoms with van der Waals surface area (Å²) in [5.74, 6) is -4.07. The molecule has 12 heteroatoms. The number of carbonyl (C=O) groups is 6. The Morgan fingerprint density at radius 1 is 1.00 bits per heavy atom. The number of aliphatic carboxylic acids is 1. The number of amides is 2. The first kappa shape index (κ1) is 37.7. The number of rotatable bonds is 13. The molecule has 0 saturated heterocycles. The van der Waals surface area contributed by atoms with Gasteiger partial charge in [0.1, 0.15) is 17.7 Å². The first-order valence-electron chi connectivity index (χ1n) is 17.5. The van der Waals surface area contributed by atoms with Crippen molar-refractivity contribution in [1.29, 1.82) is 0 Å². The molecule has 0 spiro atoms. The Balaban J connectivity index is 1.32. The van der Waals surface area contributed by atoms with Crippen molar-refractivity contribution < 1.29 is 48.8 Å². The van der Waals surface area contributed by atoms with Gasteiger partial charge in [0.15, 0.2) is 12.4 Å². The van der Waals surface area contributed by atoms with Crippen molar-refractivity contribution in [2.45, 2.75) is 130 Å². The zero-order chi connectivity index (χ0) is 35.8. The minimum atomic E-state index is -1.79. The van der Waals surface area contributed by atoms with E-state index in [-0.39, 0.29) is 72.9 Å². The second-order valence-corrected chi connectivity index (χ2v) is 15.9. The normalized spacial score (nSPS) is 33.9. The molecule has 268 valence electrons. The van der Waals surface area contributed by atoms with Gasteiger partial charge in [-0.3, -0.25) is 24.0 Å². The Hall–Kier alpha value is -3.12. The third kappa shape index (κ3) is 7.25. The van der Waals surface area contributed by atoms with Gasteiger partial charge in [0.2, 0.25) is 17.6 Å². The molecule has 0 aliphatic heterocycles. The number of ketones is 2. The fraction of sp³-hybridized carbons (Fsp3) is 0.778. The predicted molar refractivity (Wildman–Crippen MR) is 174 cm³/mol. The van der Waals surface area contributed by atoms with E-state index in [0.29, 0.717) is 19.3 Å². The van der Waals surface area contributed by atoms with Crippen LogP contribution in [0, 0.1) is 40.4 Å². The lowest BCUT2D eigenvalue weighted by molar-refractivity contribution is -0.184. The molecule has 5 N–H and O–H groups in total. The second kappa shape index (κ2) is 14.4. The summed E-state index contributed by atoms with van der Waals surface area (Å²) in [6.07, 6.45) is 4.21. The zero-order valence-electron chi connectivity index (χ0n) is 29.2. The van der Waals surface area contributed by atoms with E-state index in [1.165, 1.54) is 0 Å². The molecular weight excluding hydrogens is 620 g/mol. The summed E-state index contributed by atoms with van der Waals surface area (Å²) in [4.78, 5) is 75.4. The molecule has 2 amide bonds. The average molecular weight is 675 g/mol. The van der Waals surface area contributed by atoms with E-state index >= 15 is 0 Å². The molecule has 48 heavy (non-hydrogen) atoms. The smallest absolute Gasteiger partial charge is 0.326 e. The highest BCUT2D eigenvalue weighted by atomic mass is 16.5. The number of hydrogen-bond acceptors (Lipinski definition) is 9. The van der Waals surface area contributed by atoms with E-state index in [1.807, 2.05) is 20.8 Å². The number of carboxylic acids is 1. The highest BCUT2D eigenvalue weighted by Gasteiger charge is 2.68. The van der Waals surface area contributed by atoms with Crippen LogP contribution in [-0.2, 0) is 33.5 Å². The second-order valence-electron chi connectivity index (χ2n) is 15.9. The lowest BCUT2D eigenvalue weighted by Gasteiger charge is -2.60. The summed E-state index contributed by atoms with van der Waals surface area (Å²) in [6.45, 7) is 10.4. The van der Waals surface area contributed by atoms with Crippen molar-refractivity contribution in [2.75, 3.05) is 6.61 Å². The Morgan fingerprint density at radius 3 is 2.31 bits per heavy atom. The average Bonchev–Trinajstić information content (AvgIpc) is 3.27. The quantitative estimate of drug-likeness (QED) is 0.181. The summed E-state index contributed by atoms with van der Waals surface area (Å²) < 4.78 is 5.23. The number of carboxylic acid groups (broad SMARTS) is 1. The van der Waals surface area contributed by atoms with Gasteiger partial charge < -0.3 is 30.7 Å². The summed E-state index contributed by atoms with van der Waals surface area (Å²) in [6, 6.07) is -2.12. The van der Waals surface area contributed by atoms with E-state index in [9.17, 15) is 44.1 Å². The monoisotopic (exact) mass is 674 g/mol. The third-order valence-electron chi connectivity index (χ3n) is 12.0. The molecule has 9 atom stereocenters. The Kier molecular flexibility index (Phi) is 11.3. The largest absolute Gasteiger partial charge is 0.480 e. The van der Waals surface area contributed by atoms with Crippen LogP contribution >= 0.6 is 0 Å².